The highest BCUT2D eigenvalue weighted by molar-refractivity contribution is 5.31. The Kier molecular flexibility index (Phi) is 5.27. The number of hydrogen-bond donors (Lipinski definition) is 0. The molecule has 0 amide bonds. The Bertz CT molecular complexity index is 683. The van der Waals surface area contributed by atoms with Gasteiger partial charge in [0.15, 0.2) is 11.6 Å². The molecule has 6 heteroatoms. The fraction of sp³-hybridized carbons (Fsp3) is 0.579. The van der Waals surface area contributed by atoms with E-state index in [4.69, 9.17) is 19.2 Å². The summed E-state index contributed by atoms with van der Waals surface area (Å²) < 4.78 is 19.1. The third kappa shape index (κ3) is 4.31. The van der Waals surface area contributed by atoms with Crippen LogP contribution in [0, 0.1) is 0 Å². The minimum atomic E-state index is -0.147. The summed E-state index contributed by atoms with van der Waals surface area (Å²) in [7, 11) is 0. The van der Waals surface area contributed by atoms with E-state index in [0.717, 1.165) is 36.8 Å². The molecule has 2 heterocycles. The molecule has 6 nitrogen and oxygen atoms in total. The summed E-state index contributed by atoms with van der Waals surface area (Å²) >= 11 is 0. The van der Waals surface area contributed by atoms with Crippen molar-refractivity contribution in [1.29, 1.82) is 0 Å². The number of ether oxygens (including phenoxy) is 3. The molecule has 1 fully saturated rings. The van der Waals surface area contributed by atoms with Crippen LogP contribution in [-0.2, 0) is 16.9 Å². The second kappa shape index (κ2) is 7.44. The molecule has 0 aliphatic carbocycles. The first-order valence-corrected chi connectivity index (χ1v) is 8.91. The summed E-state index contributed by atoms with van der Waals surface area (Å²) in [4.78, 5) is 4.70. The zero-order chi connectivity index (χ0) is 17.9. The van der Waals surface area contributed by atoms with E-state index >= 15 is 0 Å². The lowest BCUT2D eigenvalue weighted by molar-refractivity contribution is 0.0958. The molecular formula is C19H27N3O3. The van der Waals surface area contributed by atoms with Crippen LogP contribution in [0.5, 0.6) is 11.5 Å². The van der Waals surface area contributed by atoms with Gasteiger partial charge in [-0.3, -0.25) is 0 Å². The van der Waals surface area contributed by atoms with E-state index in [1.807, 2.05) is 35.9 Å². The van der Waals surface area contributed by atoms with Gasteiger partial charge in [0.05, 0.1) is 12.1 Å². The van der Waals surface area contributed by atoms with E-state index in [2.05, 4.69) is 25.9 Å². The van der Waals surface area contributed by atoms with Gasteiger partial charge in [-0.05, 0) is 64.8 Å². The van der Waals surface area contributed by atoms with Crippen molar-refractivity contribution in [2.24, 2.45) is 0 Å². The summed E-state index contributed by atoms with van der Waals surface area (Å²) in [5, 5.41) is 4.66. The summed E-state index contributed by atoms with van der Waals surface area (Å²) in [6, 6.07) is 7.59. The van der Waals surface area contributed by atoms with Crippen molar-refractivity contribution in [3.8, 4) is 11.5 Å². The van der Waals surface area contributed by atoms with Gasteiger partial charge in [0.25, 0.3) is 0 Å². The number of aromatic nitrogens is 3. The van der Waals surface area contributed by atoms with Gasteiger partial charge in [0.2, 0.25) is 0 Å². The number of nitrogens with zero attached hydrogens (tertiary/aromatic N) is 3. The first-order chi connectivity index (χ1) is 12.0. The van der Waals surface area contributed by atoms with Crippen LogP contribution in [0.3, 0.4) is 0 Å². The van der Waals surface area contributed by atoms with Gasteiger partial charge in [-0.1, -0.05) is 0 Å². The standard InChI is InChI=1S/C19H27N3O3/c1-5-23-14-8-10-15(11-9-14)25-13-17-20-18(16-7-6-12-24-16)22(21-17)19(2,3)4/h8-11,16H,5-7,12-13H2,1-4H3. The molecule has 1 aliphatic rings. The van der Waals surface area contributed by atoms with Crippen molar-refractivity contribution < 1.29 is 14.2 Å². The molecule has 1 atom stereocenters. The van der Waals surface area contributed by atoms with Gasteiger partial charge < -0.3 is 14.2 Å². The fourth-order valence-corrected chi connectivity index (χ4v) is 2.86. The monoisotopic (exact) mass is 345 g/mol. The summed E-state index contributed by atoms with van der Waals surface area (Å²) in [6.07, 6.45) is 2.10. The molecule has 2 aromatic rings. The van der Waals surface area contributed by atoms with Gasteiger partial charge in [-0.15, -0.1) is 0 Å². The molecule has 1 aromatic heterocycles. The number of benzene rings is 1. The Morgan fingerprint density at radius 1 is 1.16 bits per heavy atom. The topological polar surface area (TPSA) is 58.4 Å². The van der Waals surface area contributed by atoms with E-state index in [1.165, 1.54) is 0 Å². The van der Waals surface area contributed by atoms with Crippen LogP contribution in [0.25, 0.3) is 0 Å². The Balaban J connectivity index is 1.71. The molecule has 1 unspecified atom stereocenters. The van der Waals surface area contributed by atoms with Crippen LogP contribution in [0.15, 0.2) is 24.3 Å². The van der Waals surface area contributed by atoms with Crippen LogP contribution in [-0.4, -0.2) is 28.0 Å². The smallest absolute Gasteiger partial charge is 0.188 e. The van der Waals surface area contributed by atoms with Crippen LogP contribution < -0.4 is 9.47 Å². The first-order valence-electron chi connectivity index (χ1n) is 8.91. The highest BCUT2D eigenvalue weighted by atomic mass is 16.5. The lowest BCUT2D eigenvalue weighted by atomic mass is 10.1. The molecule has 0 bridgehead atoms. The van der Waals surface area contributed by atoms with Crippen LogP contribution in [0.1, 0.15) is 58.3 Å². The molecule has 3 rings (SSSR count). The maximum Gasteiger partial charge on any atom is 0.188 e. The van der Waals surface area contributed by atoms with E-state index in [1.54, 1.807) is 0 Å². The molecule has 1 aliphatic heterocycles. The molecular weight excluding hydrogens is 318 g/mol. The fourth-order valence-electron chi connectivity index (χ4n) is 2.86. The van der Waals surface area contributed by atoms with Gasteiger partial charge >= 0.3 is 0 Å². The van der Waals surface area contributed by atoms with Gasteiger partial charge in [-0.25, -0.2) is 9.67 Å². The van der Waals surface area contributed by atoms with Crippen molar-refractivity contribution in [1.82, 2.24) is 14.8 Å². The summed E-state index contributed by atoms with van der Waals surface area (Å²) in [6.45, 7) is 10.1. The largest absolute Gasteiger partial charge is 0.494 e. The Hall–Kier alpha value is -2.08. The molecule has 1 saturated heterocycles. The van der Waals surface area contributed by atoms with Crippen LogP contribution in [0.2, 0.25) is 0 Å². The van der Waals surface area contributed by atoms with E-state index in [-0.39, 0.29) is 11.6 Å². The average Bonchev–Trinajstić information content (AvgIpc) is 3.23. The minimum absolute atomic E-state index is 0.0333. The predicted molar refractivity (Wildman–Crippen MR) is 94.9 cm³/mol. The van der Waals surface area contributed by atoms with Crippen molar-refractivity contribution in [2.45, 2.75) is 58.8 Å². The Morgan fingerprint density at radius 3 is 2.40 bits per heavy atom. The van der Waals surface area contributed by atoms with Gasteiger partial charge in [-0.2, -0.15) is 5.10 Å². The quantitative estimate of drug-likeness (QED) is 0.795. The highest BCUT2D eigenvalue weighted by Gasteiger charge is 2.29. The lowest BCUT2D eigenvalue weighted by Gasteiger charge is -2.23. The Morgan fingerprint density at radius 2 is 1.84 bits per heavy atom. The van der Waals surface area contributed by atoms with E-state index < -0.39 is 0 Å². The predicted octanol–water partition coefficient (Wildman–Crippen LogP) is 3.86. The second-order valence-electron chi connectivity index (χ2n) is 7.16. The van der Waals surface area contributed by atoms with Gasteiger partial charge in [0, 0.05) is 6.61 Å². The zero-order valence-corrected chi connectivity index (χ0v) is 15.5. The maximum atomic E-state index is 5.83. The molecule has 0 N–H and O–H groups in total. The zero-order valence-electron chi connectivity index (χ0n) is 15.5. The third-order valence-corrected chi connectivity index (χ3v) is 4.03. The normalized spacial score (nSPS) is 17.7. The number of rotatable bonds is 6. The highest BCUT2D eigenvalue weighted by Crippen LogP contribution is 2.30. The minimum Gasteiger partial charge on any atom is -0.494 e. The SMILES string of the molecule is CCOc1ccc(OCc2nc(C3CCCO3)n(C(C)(C)C)n2)cc1. The van der Waals surface area contributed by atoms with Crippen molar-refractivity contribution in [2.75, 3.05) is 13.2 Å². The average molecular weight is 345 g/mol. The molecule has 136 valence electrons. The van der Waals surface area contributed by atoms with Crippen LogP contribution >= 0.6 is 0 Å². The van der Waals surface area contributed by atoms with Gasteiger partial charge in [0.1, 0.15) is 24.2 Å². The van der Waals surface area contributed by atoms with E-state index in [0.29, 0.717) is 19.0 Å². The van der Waals surface area contributed by atoms with Crippen molar-refractivity contribution >= 4 is 0 Å². The Labute approximate surface area is 149 Å². The molecule has 1 aromatic carbocycles. The lowest BCUT2D eigenvalue weighted by Crippen LogP contribution is -2.27. The molecule has 25 heavy (non-hydrogen) atoms. The third-order valence-electron chi connectivity index (χ3n) is 4.03. The van der Waals surface area contributed by atoms with Crippen molar-refractivity contribution in [3.63, 3.8) is 0 Å². The summed E-state index contributed by atoms with van der Waals surface area (Å²) in [5.41, 5.74) is -0.147. The number of hydrogen-bond acceptors (Lipinski definition) is 5. The second-order valence-corrected chi connectivity index (χ2v) is 7.16. The molecule has 0 spiro atoms. The summed E-state index contributed by atoms with van der Waals surface area (Å²) in [5.74, 6) is 3.18. The molecule has 0 saturated carbocycles. The maximum absolute atomic E-state index is 5.83. The molecule has 0 radical (unpaired) electrons. The first kappa shape index (κ1) is 17.7. The van der Waals surface area contributed by atoms with Crippen LogP contribution in [0.4, 0.5) is 0 Å². The van der Waals surface area contributed by atoms with Crippen molar-refractivity contribution in [3.05, 3.63) is 35.9 Å². The van der Waals surface area contributed by atoms with E-state index in [9.17, 15) is 0 Å².